The first-order valence-electron chi connectivity index (χ1n) is 10.9. The maximum Gasteiger partial charge on any atom is 0.264 e. The van der Waals surface area contributed by atoms with Gasteiger partial charge in [0.05, 0.1) is 17.7 Å². The van der Waals surface area contributed by atoms with Crippen molar-refractivity contribution in [3.8, 4) is 5.75 Å². The third-order valence-corrected chi connectivity index (χ3v) is 7.16. The molecule has 0 heterocycles. The minimum atomic E-state index is -3.96. The Morgan fingerprint density at radius 1 is 0.970 bits per heavy atom. The molecule has 0 unspecified atom stereocenters. The van der Waals surface area contributed by atoms with E-state index in [0.717, 1.165) is 22.7 Å². The van der Waals surface area contributed by atoms with Gasteiger partial charge >= 0.3 is 0 Å². The summed E-state index contributed by atoms with van der Waals surface area (Å²) in [6, 6.07) is 23.2. The van der Waals surface area contributed by atoms with E-state index in [9.17, 15) is 13.2 Å². The van der Waals surface area contributed by atoms with Crippen LogP contribution in [0.1, 0.15) is 24.5 Å². The zero-order chi connectivity index (χ0) is 23.8. The predicted octanol–water partition coefficient (Wildman–Crippen LogP) is 4.34. The number of carbonyl (C=O) groups excluding carboxylic acids is 1. The van der Waals surface area contributed by atoms with Gasteiger partial charge in [-0.3, -0.25) is 9.10 Å². The van der Waals surface area contributed by atoms with Crippen molar-refractivity contribution in [3.05, 3.63) is 90.0 Å². The number of hydrogen-bond acceptors (Lipinski definition) is 4. The molecule has 174 valence electrons. The molecule has 0 saturated carbocycles. The summed E-state index contributed by atoms with van der Waals surface area (Å²) in [6.07, 6.45) is 1.58. The summed E-state index contributed by atoms with van der Waals surface area (Å²) in [5.74, 6) is 0.203. The molecule has 0 fully saturated rings. The number of hydrogen-bond donors (Lipinski definition) is 1. The van der Waals surface area contributed by atoms with Crippen molar-refractivity contribution in [2.75, 3.05) is 18.0 Å². The van der Waals surface area contributed by atoms with E-state index < -0.39 is 10.0 Å². The summed E-state index contributed by atoms with van der Waals surface area (Å²) >= 11 is 0. The molecule has 0 aliphatic rings. The van der Waals surface area contributed by atoms with Gasteiger partial charge in [0.1, 0.15) is 12.3 Å². The number of anilines is 1. The second-order valence-corrected chi connectivity index (χ2v) is 9.88. The van der Waals surface area contributed by atoms with E-state index in [1.54, 1.807) is 24.3 Å². The zero-order valence-corrected chi connectivity index (χ0v) is 20.0. The highest BCUT2D eigenvalue weighted by Crippen LogP contribution is 2.25. The molecule has 0 bridgehead atoms. The second-order valence-electron chi connectivity index (χ2n) is 8.02. The van der Waals surface area contributed by atoms with Crippen LogP contribution in [0.3, 0.4) is 0 Å². The lowest BCUT2D eigenvalue weighted by Gasteiger charge is -2.25. The van der Waals surface area contributed by atoms with Gasteiger partial charge in [0.2, 0.25) is 5.91 Å². The number of sulfonamides is 1. The molecule has 3 aromatic carbocycles. The molecule has 1 amide bonds. The average molecular weight is 467 g/mol. The van der Waals surface area contributed by atoms with Crippen LogP contribution < -0.4 is 14.4 Å². The molecule has 3 aromatic rings. The van der Waals surface area contributed by atoms with E-state index in [1.165, 1.54) is 24.8 Å². The van der Waals surface area contributed by atoms with E-state index in [4.69, 9.17) is 4.74 Å². The molecule has 1 atom stereocenters. The number of benzene rings is 3. The lowest BCUT2D eigenvalue weighted by molar-refractivity contribution is -0.120. The molecule has 0 spiro atoms. The SMILES string of the molecule is COc1ccc(S(=O)(=O)N(CC(=O)N[C@@H](C)CCc2ccccc2)c2ccc(C)cc2)cc1. The normalized spacial score (nSPS) is 12.1. The number of nitrogens with zero attached hydrogens (tertiary/aromatic N) is 1. The van der Waals surface area contributed by atoms with Crippen molar-refractivity contribution < 1.29 is 17.9 Å². The quantitative estimate of drug-likeness (QED) is 0.482. The molecule has 7 heteroatoms. The standard InChI is InChI=1S/C26H30N2O4S/c1-20-9-13-23(14-10-20)28(33(30,31)25-17-15-24(32-3)16-18-25)19-26(29)27-21(2)11-12-22-7-5-4-6-8-22/h4-10,13-18,21H,11-12,19H2,1-3H3,(H,27,29)/t21-/m0/s1. The van der Waals surface area contributed by atoms with Gasteiger partial charge in [0.25, 0.3) is 10.0 Å². The van der Waals surface area contributed by atoms with Crippen LogP contribution in [0.5, 0.6) is 5.75 Å². The molecular weight excluding hydrogens is 436 g/mol. The molecule has 1 N–H and O–H groups in total. The van der Waals surface area contributed by atoms with Crippen LogP contribution in [0.4, 0.5) is 5.69 Å². The van der Waals surface area contributed by atoms with Crippen molar-refractivity contribution in [2.24, 2.45) is 0 Å². The Morgan fingerprint density at radius 3 is 2.21 bits per heavy atom. The van der Waals surface area contributed by atoms with Gasteiger partial charge in [-0.25, -0.2) is 8.42 Å². The summed E-state index contributed by atoms with van der Waals surface area (Å²) in [5.41, 5.74) is 2.63. The molecule has 0 aromatic heterocycles. The van der Waals surface area contributed by atoms with Gasteiger partial charge in [0, 0.05) is 6.04 Å². The van der Waals surface area contributed by atoms with Crippen molar-refractivity contribution in [1.29, 1.82) is 0 Å². The summed E-state index contributed by atoms with van der Waals surface area (Å²) in [5, 5.41) is 2.94. The topological polar surface area (TPSA) is 75.7 Å². The highest BCUT2D eigenvalue weighted by Gasteiger charge is 2.27. The Balaban J connectivity index is 1.76. The third kappa shape index (κ3) is 6.58. The Morgan fingerprint density at radius 2 is 1.61 bits per heavy atom. The second kappa shape index (κ2) is 11.0. The van der Waals surface area contributed by atoms with Gasteiger partial charge < -0.3 is 10.1 Å². The van der Waals surface area contributed by atoms with Crippen LogP contribution in [0.25, 0.3) is 0 Å². The fourth-order valence-electron chi connectivity index (χ4n) is 3.45. The van der Waals surface area contributed by atoms with Gasteiger partial charge in [-0.15, -0.1) is 0 Å². The first-order valence-corrected chi connectivity index (χ1v) is 12.3. The molecular formula is C26H30N2O4S. The Labute approximate surface area is 196 Å². The molecule has 0 radical (unpaired) electrons. The van der Waals surface area contributed by atoms with E-state index in [1.807, 2.05) is 44.2 Å². The summed E-state index contributed by atoms with van der Waals surface area (Å²) < 4.78 is 33.2. The Hall–Kier alpha value is -3.32. The van der Waals surface area contributed by atoms with Gasteiger partial charge in [-0.1, -0.05) is 48.0 Å². The number of nitrogens with one attached hydrogen (secondary N) is 1. The molecule has 3 rings (SSSR count). The number of aryl methyl sites for hydroxylation is 2. The lowest BCUT2D eigenvalue weighted by atomic mass is 10.1. The summed E-state index contributed by atoms with van der Waals surface area (Å²) in [4.78, 5) is 12.9. The number of rotatable bonds is 10. The fourth-order valence-corrected chi connectivity index (χ4v) is 4.87. The number of carbonyl (C=O) groups is 1. The number of amides is 1. The summed E-state index contributed by atoms with van der Waals surface area (Å²) in [6.45, 7) is 3.54. The molecule has 0 saturated heterocycles. The van der Waals surface area contributed by atoms with Crippen LogP contribution in [0, 0.1) is 6.92 Å². The molecule has 33 heavy (non-hydrogen) atoms. The van der Waals surface area contributed by atoms with Crippen molar-refractivity contribution in [2.45, 2.75) is 37.6 Å². The molecule has 6 nitrogen and oxygen atoms in total. The van der Waals surface area contributed by atoms with Crippen molar-refractivity contribution in [1.82, 2.24) is 5.32 Å². The van der Waals surface area contributed by atoms with Crippen molar-refractivity contribution >= 4 is 21.6 Å². The highest BCUT2D eigenvalue weighted by atomic mass is 32.2. The van der Waals surface area contributed by atoms with E-state index >= 15 is 0 Å². The summed E-state index contributed by atoms with van der Waals surface area (Å²) in [7, 11) is -2.44. The maximum absolute atomic E-state index is 13.5. The first-order chi connectivity index (χ1) is 15.8. The minimum Gasteiger partial charge on any atom is -0.497 e. The number of ether oxygens (including phenoxy) is 1. The van der Waals surface area contributed by atoms with Crippen LogP contribution in [0.2, 0.25) is 0 Å². The van der Waals surface area contributed by atoms with Crippen LogP contribution in [-0.4, -0.2) is 34.0 Å². The lowest BCUT2D eigenvalue weighted by Crippen LogP contribution is -2.43. The predicted molar refractivity (Wildman–Crippen MR) is 131 cm³/mol. The monoisotopic (exact) mass is 466 g/mol. The van der Waals surface area contributed by atoms with E-state index in [-0.39, 0.29) is 23.4 Å². The largest absolute Gasteiger partial charge is 0.497 e. The Kier molecular flexibility index (Phi) is 8.11. The number of methoxy groups -OCH3 is 1. The van der Waals surface area contributed by atoms with E-state index in [0.29, 0.717) is 11.4 Å². The highest BCUT2D eigenvalue weighted by molar-refractivity contribution is 7.92. The van der Waals surface area contributed by atoms with E-state index in [2.05, 4.69) is 17.4 Å². The van der Waals surface area contributed by atoms with Crippen LogP contribution >= 0.6 is 0 Å². The average Bonchev–Trinajstić information content (AvgIpc) is 2.82. The molecule has 0 aliphatic heterocycles. The zero-order valence-electron chi connectivity index (χ0n) is 19.2. The van der Waals surface area contributed by atoms with Gasteiger partial charge in [-0.05, 0) is 68.7 Å². The smallest absolute Gasteiger partial charge is 0.264 e. The maximum atomic E-state index is 13.5. The van der Waals surface area contributed by atoms with Crippen molar-refractivity contribution in [3.63, 3.8) is 0 Å². The minimum absolute atomic E-state index is 0.0915. The van der Waals surface area contributed by atoms with Crippen LogP contribution in [0.15, 0.2) is 83.8 Å². The van der Waals surface area contributed by atoms with Crippen LogP contribution in [-0.2, 0) is 21.2 Å². The Bertz CT molecular complexity index is 1150. The third-order valence-electron chi connectivity index (χ3n) is 5.37. The van der Waals surface area contributed by atoms with Gasteiger partial charge in [0.15, 0.2) is 0 Å². The van der Waals surface area contributed by atoms with Gasteiger partial charge in [-0.2, -0.15) is 0 Å². The molecule has 0 aliphatic carbocycles. The first kappa shape index (κ1) is 24.3. The fraction of sp³-hybridized carbons (Fsp3) is 0.269.